The van der Waals surface area contributed by atoms with Crippen molar-refractivity contribution in [2.75, 3.05) is 6.61 Å². The zero-order valence-corrected chi connectivity index (χ0v) is 15.1. The molecule has 2 heterocycles. The van der Waals surface area contributed by atoms with Crippen LogP contribution in [-0.4, -0.2) is 17.1 Å². The molecule has 0 radical (unpaired) electrons. The van der Waals surface area contributed by atoms with Gasteiger partial charge in [-0.25, -0.2) is 22.4 Å². The summed E-state index contributed by atoms with van der Waals surface area (Å²) in [7, 11) is 0. The summed E-state index contributed by atoms with van der Waals surface area (Å²) >= 11 is 1.04. The summed E-state index contributed by atoms with van der Waals surface area (Å²) < 4.78 is 61.6. The number of fused-ring (bicyclic) bond motifs is 3. The maximum Gasteiger partial charge on any atom is 0.344 e. The molecule has 0 fully saturated rings. The van der Waals surface area contributed by atoms with Gasteiger partial charge in [-0.1, -0.05) is 23.9 Å². The van der Waals surface area contributed by atoms with Gasteiger partial charge < -0.3 is 9.30 Å². The Morgan fingerprint density at radius 2 is 1.82 bits per heavy atom. The van der Waals surface area contributed by atoms with Crippen LogP contribution in [0.3, 0.4) is 0 Å². The molecule has 0 spiro atoms. The molecule has 1 aliphatic heterocycles. The minimum Gasteiger partial charge on any atom is -0.462 e. The van der Waals surface area contributed by atoms with Crippen LogP contribution in [0.15, 0.2) is 40.2 Å². The van der Waals surface area contributed by atoms with Gasteiger partial charge in [-0.05, 0) is 30.7 Å². The molecule has 1 aliphatic rings. The number of carbonyl (C=O) groups excluding carboxylic acids is 1. The second-order valence-electron chi connectivity index (χ2n) is 6.00. The van der Waals surface area contributed by atoms with Crippen molar-refractivity contribution in [3.05, 3.63) is 75.0 Å². The molecule has 1 unspecified atom stereocenters. The highest BCUT2D eigenvalue weighted by molar-refractivity contribution is 8.00. The number of hydrogen-bond acceptors (Lipinski definition) is 4. The first kappa shape index (κ1) is 18.5. The van der Waals surface area contributed by atoms with E-state index in [-0.39, 0.29) is 17.2 Å². The molecule has 4 nitrogen and oxygen atoms in total. The van der Waals surface area contributed by atoms with Gasteiger partial charge in [0.2, 0.25) is 5.43 Å². The normalized spacial score (nSPS) is 15.2. The topological polar surface area (TPSA) is 48.3 Å². The summed E-state index contributed by atoms with van der Waals surface area (Å²) in [5, 5.41) is -1.06. The maximum absolute atomic E-state index is 14.6. The molecule has 2 aromatic carbocycles. The molecule has 0 saturated heterocycles. The lowest BCUT2D eigenvalue weighted by atomic mass is 10.1. The monoisotopic (exact) mass is 409 g/mol. The van der Waals surface area contributed by atoms with Crippen molar-refractivity contribution in [2.45, 2.75) is 17.3 Å². The van der Waals surface area contributed by atoms with E-state index in [0.29, 0.717) is 11.6 Å². The standard InChI is InChI=1S/C19H11F4NO3S/c1-2-27-19(26)12-16(25)10-7-11(21)13(22)14(23)15(10)24-17(28-18(12)24)8-3-5-9(20)6-4-8/h3-7,17H,2H2,1H3. The summed E-state index contributed by atoms with van der Waals surface area (Å²) in [5.41, 5.74) is -1.24. The molecule has 4 rings (SSSR count). The van der Waals surface area contributed by atoms with Crippen LogP contribution < -0.4 is 5.43 Å². The third-order valence-electron chi connectivity index (χ3n) is 4.37. The Balaban J connectivity index is 2.06. The lowest BCUT2D eigenvalue weighted by Gasteiger charge is -2.35. The van der Waals surface area contributed by atoms with Crippen LogP contribution >= 0.6 is 11.8 Å². The molecule has 1 atom stereocenters. The Morgan fingerprint density at radius 1 is 1.14 bits per heavy atom. The summed E-state index contributed by atoms with van der Waals surface area (Å²) in [6.45, 7) is 1.54. The smallest absolute Gasteiger partial charge is 0.344 e. The summed E-state index contributed by atoms with van der Waals surface area (Å²) in [6, 6.07) is 5.85. The maximum atomic E-state index is 14.6. The molecular formula is C19H11F4NO3S. The SMILES string of the molecule is CCOC(=O)c1c2n(c3c(F)c(F)c(F)cc3c1=O)C(c1ccc(F)cc1)S2. The molecule has 144 valence electrons. The number of esters is 1. The highest BCUT2D eigenvalue weighted by Gasteiger charge is 2.38. The molecule has 9 heteroatoms. The van der Waals surface area contributed by atoms with Crippen LogP contribution in [0.5, 0.6) is 0 Å². The Labute approximate surface area is 159 Å². The third kappa shape index (κ3) is 2.61. The van der Waals surface area contributed by atoms with Gasteiger partial charge in [0.25, 0.3) is 0 Å². The number of ether oxygens (including phenoxy) is 1. The second kappa shape index (κ2) is 6.66. The molecule has 28 heavy (non-hydrogen) atoms. The predicted molar refractivity (Wildman–Crippen MR) is 94.4 cm³/mol. The van der Waals surface area contributed by atoms with Gasteiger partial charge in [-0.3, -0.25) is 4.79 Å². The van der Waals surface area contributed by atoms with E-state index < -0.39 is 50.9 Å². The Morgan fingerprint density at radius 3 is 2.46 bits per heavy atom. The van der Waals surface area contributed by atoms with Gasteiger partial charge in [0.1, 0.15) is 16.8 Å². The number of pyridine rings is 1. The van der Waals surface area contributed by atoms with Crippen LogP contribution in [0.1, 0.15) is 28.2 Å². The molecule has 1 aromatic heterocycles. The van der Waals surface area contributed by atoms with E-state index in [9.17, 15) is 27.2 Å². The average Bonchev–Trinajstić information content (AvgIpc) is 2.65. The van der Waals surface area contributed by atoms with Crippen LogP contribution in [-0.2, 0) is 4.74 Å². The lowest BCUT2D eigenvalue weighted by molar-refractivity contribution is 0.0518. The van der Waals surface area contributed by atoms with Crippen molar-refractivity contribution in [1.82, 2.24) is 4.57 Å². The minimum absolute atomic E-state index is 0.00600. The van der Waals surface area contributed by atoms with Crippen molar-refractivity contribution in [3.8, 4) is 0 Å². The van der Waals surface area contributed by atoms with Crippen molar-refractivity contribution in [2.24, 2.45) is 0 Å². The molecule has 0 saturated carbocycles. The van der Waals surface area contributed by atoms with Crippen LogP contribution in [0, 0.1) is 23.3 Å². The number of nitrogens with zero attached hydrogens (tertiary/aromatic N) is 1. The summed E-state index contributed by atoms with van der Waals surface area (Å²) in [6.07, 6.45) is 0. The first-order chi connectivity index (χ1) is 13.3. The first-order valence-electron chi connectivity index (χ1n) is 8.20. The van der Waals surface area contributed by atoms with Gasteiger partial charge in [0.15, 0.2) is 17.5 Å². The fraction of sp³-hybridized carbons (Fsp3) is 0.158. The van der Waals surface area contributed by atoms with Crippen LogP contribution in [0.4, 0.5) is 17.6 Å². The number of benzene rings is 2. The van der Waals surface area contributed by atoms with Gasteiger partial charge in [0, 0.05) is 0 Å². The fourth-order valence-electron chi connectivity index (χ4n) is 3.12. The van der Waals surface area contributed by atoms with Gasteiger partial charge >= 0.3 is 5.97 Å². The van der Waals surface area contributed by atoms with E-state index in [1.165, 1.54) is 28.8 Å². The largest absolute Gasteiger partial charge is 0.462 e. The molecule has 0 bridgehead atoms. The van der Waals surface area contributed by atoms with E-state index in [0.717, 1.165) is 11.8 Å². The quantitative estimate of drug-likeness (QED) is 0.366. The molecule has 0 N–H and O–H groups in total. The number of carbonyl (C=O) groups is 1. The van der Waals surface area contributed by atoms with E-state index in [1.807, 2.05) is 0 Å². The van der Waals surface area contributed by atoms with E-state index in [4.69, 9.17) is 4.74 Å². The van der Waals surface area contributed by atoms with Crippen LogP contribution in [0.2, 0.25) is 0 Å². The number of rotatable bonds is 3. The number of hydrogen-bond donors (Lipinski definition) is 0. The molecule has 0 amide bonds. The summed E-state index contributed by atoms with van der Waals surface area (Å²) in [5.74, 6) is -6.21. The molecule has 3 aromatic rings. The lowest BCUT2D eigenvalue weighted by Crippen LogP contribution is -2.31. The third-order valence-corrected chi connectivity index (χ3v) is 5.70. The Bertz CT molecular complexity index is 1190. The van der Waals surface area contributed by atoms with E-state index >= 15 is 0 Å². The fourth-order valence-corrected chi connectivity index (χ4v) is 4.39. The Hall–Kier alpha value is -2.81. The van der Waals surface area contributed by atoms with Crippen molar-refractivity contribution >= 4 is 28.6 Å². The van der Waals surface area contributed by atoms with Crippen molar-refractivity contribution < 1.29 is 27.1 Å². The van der Waals surface area contributed by atoms with Crippen molar-refractivity contribution in [3.63, 3.8) is 0 Å². The zero-order valence-electron chi connectivity index (χ0n) is 14.3. The van der Waals surface area contributed by atoms with Gasteiger partial charge in [-0.2, -0.15) is 0 Å². The minimum atomic E-state index is -1.72. The average molecular weight is 409 g/mol. The second-order valence-corrected chi connectivity index (χ2v) is 7.07. The summed E-state index contributed by atoms with van der Waals surface area (Å²) in [4.78, 5) is 25.0. The highest BCUT2D eigenvalue weighted by atomic mass is 32.2. The first-order valence-corrected chi connectivity index (χ1v) is 9.08. The number of aromatic nitrogens is 1. The zero-order chi connectivity index (χ0) is 20.2. The van der Waals surface area contributed by atoms with E-state index in [2.05, 4.69) is 0 Å². The van der Waals surface area contributed by atoms with E-state index in [1.54, 1.807) is 6.92 Å². The van der Waals surface area contributed by atoms with Crippen LogP contribution in [0.25, 0.3) is 10.9 Å². The number of thioether (sulfide) groups is 1. The number of halogens is 4. The molecular weight excluding hydrogens is 398 g/mol. The highest BCUT2D eigenvalue weighted by Crippen LogP contribution is 2.50. The van der Waals surface area contributed by atoms with Crippen molar-refractivity contribution in [1.29, 1.82) is 0 Å². The predicted octanol–water partition coefficient (Wildman–Crippen LogP) is 4.39. The molecule has 0 aliphatic carbocycles. The van der Waals surface area contributed by atoms with Gasteiger partial charge in [-0.15, -0.1) is 0 Å². The van der Waals surface area contributed by atoms with Gasteiger partial charge in [0.05, 0.1) is 22.5 Å². The Kier molecular flexibility index (Phi) is 4.41.